The SMILES string of the molecule is CCCCN1C(=O)NC(c2ccc(CC)cc2)C(c2nc(-c3cccc(Cl)c3)no2)=C1C. The highest BCUT2D eigenvalue weighted by Gasteiger charge is 2.35. The van der Waals surface area contributed by atoms with E-state index in [4.69, 9.17) is 16.1 Å². The molecule has 1 aliphatic heterocycles. The molecule has 0 aliphatic carbocycles. The second-order valence-corrected chi connectivity index (χ2v) is 8.35. The van der Waals surface area contributed by atoms with Crippen molar-refractivity contribution in [3.8, 4) is 11.4 Å². The predicted octanol–water partition coefficient (Wildman–Crippen LogP) is 6.25. The van der Waals surface area contributed by atoms with Gasteiger partial charge in [0.15, 0.2) is 0 Å². The van der Waals surface area contributed by atoms with E-state index >= 15 is 0 Å². The number of nitrogens with one attached hydrogen (secondary N) is 1. The summed E-state index contributed by atoms with van der Waals surface area (Å²) in [6, 6.07) is 15.1. The predicted molar refractivity (Wildman–Crippen MR) is 126 cm³/mol. The fourth-order valence-electron chi connectivity index (χ4n) is 3.92. The van der Waals surface area contributed by atoms with Crippen LogP contribution >= 0.6 is 11.6 Å². The molecule has 2 heterocycles. The molecule has 3 aromatic rings. The number of rotatable bonds is 7. The van der Waals surface area contributed by atoms with Gasteiger partial charge in [-0.15, -0.1) is 0 Å². The molecular weight excluding hydrogens is 424 g/mol. The van der Waals surface area contributed by atoms with E-state index < -0.39 is 0 Å². The first-order chi connectivity index (χ1) is 15.5. The van der Waals surface area contributed by atoms with Gasteiger partial charge in [-0.3, -0.25) is 4.90 Å². The molecule has 1 atom stereocenters. The standard InChI is InChI=1S/C25H27ClN4O2/c1-4-6-14-30-16(3)21(22(27-25(30)31)18-12-10-17(5-2)11-13-18)24-28-23(29-32-24)19-8-7-9-20(26)15-19/h7-13,15,22H,4-6,14H2,1-3H3,(H,27,31). The average molecular weight is 451 g/mol. The fourth-order valence-corrected chi connectivity index (χ4v) is 4.11. The Kier molecular flexibility index (Phi) is 6.61. The number of nitrogens with zero attached hydrogens (tertiary/aromatic N) is 3. The summed E-state index contributed by atoms with van der Waals surface area (Å²) in [5, 5.41) is 7.94. The van der Waals surface area contributed by atoms with Crippen molar-refractivity contribution in [2.24, 2.45) is 0 Å². The summed E-state index contributed by atoms with van der Waals surface area (Å²) >= 11 is 6.14. The maximum absolute atomic E-state index is 13.0. The van der Waals surface area contributed by atoms with Crippen molar-refractivity contribution in [1.29, 1.82) is 0 Å². The van der Waals surface area contributed by atoms with Crippen molar-refractivity contribution in [1.82, 2.24) is 20.4 Å². The van der Waals surface area contributed by atoms with Crippen LogP contribution in [0.4, 0.5) is 4.79 Å². The van der Waals surface area contributed by atoms with Crippen LogP contribution in [0.1, 0.15) is 56.7 Å². The molecule has 2 aromatic carbocycles. The molecule has 1 N–H and O–H groups in total. The topological polar surface area (TPSA) is 71.3 Å². The van der Waals surface area contributed by atoms with Gasteiger partial charge in [0, 0.05) is 22.8 Å². The Morgan fingerprint density at radius 2 is 1.94 bits per heavy atom. The van der Waals surface area contributed by atoms with Crippen molar-refractivity contribution < 1.29 is 9.32 Å². The van der Waals surface area contributed by atoms with Gasteiger partial charge >= 0.3 is 6.03 Å². The largest absolute Gasteiger partial charge is 0.334 e. The summed E-state index contributed by atoms with van der Waals surface area (Å²) in [7, 11) is 0. The number of hydrogen-bond donors (Lipinski definition) is 1. The number of aromatic nitrogens is 2. The third-order valence-corrected chi connectivity index (χ3v) is 6.03. The Morgan fingerprint density at radius 1 is 1.16 bits per heavy atom. The minimum Gasteiger partial charge on any atom is -0.334 e. The van der Waals surface area contributed by atoms with E-state index in [0.717, 1.165) is 41.7 Å². The normalized spacial score (nSPS) is 16.4. The van der Waals surface area contributed by atoms with Crippen LogP contribution in [0.15, 0.2) is 58.8 Å². The molecule has 1 unspecified atom stereocenters. The molecule has 7 heteroatoms. The number of allylic oxidation sites excluding steroid dienone is 1. The van der Waals surface area contributed by atoms with Crippen LogP contribution in [0.2, 0.25) is 5.02 Å². The Labute approximate surface area is 193 Å². The van der Waals surface area contributed by atoms with Gasteiger partial charge in [0.1, 0.15) is 0 Å². The highest BCUT2D eigenvalue weighted by molar-refractivity contribution is 6.30. The van der Waals surface area contributed by atoms with Gasteiger partial charge in [-0.1, -0.05) is 73.4 Å². The highest BCUT2D eigenvalue weighted by atomic mass is 35.5. The zero-order valence-corrected chi connectivity index (χ0v) is 19.3. The molecule has 0 saturated carbocycles. The molecule has 32 heavy (non-hydrogen) atoms. The van der Waals surface area contributed by atoms with E-state index in [2.05, 4.69) is 41.4 Å². The molecule has 2 amide bonds. The van der Waals surface area contributed by atoms with E-state index in [0.29, 0.717) is 23.3 Å². The lowest BCUT2D eigenvalue weighted by Crippen LogP contribution is -2.46. The van der Waals surface area contributed by atoms with Crippen LogP contribution in [0.5, 0.6) is 0 Å². The summed E-state index contributed by atoms with van der Waals surface area (Å²) in [6.07, 6.45) is 2.86. The number of halogens is 1. The lowest BCUT2D eigenvalue weighted by molar-refractivity contribution is 0.204. The van der Waals surface area contributed by atoms with E-state index in [9.17, 15) is 4.79 Å². The molecule has 0 saturated heterocycles. The molecule has 1 aromatic heterocycles. The van der Waals surface area contributed by atoms with Crippen LogP contribution < -0.4 is 5.32 Å². The van der Waals surface area contributed by atoms with Crippen LogP contribution in [0.3, 0.4) is 0 Å². The molecule has 0 fully saturated rings. The van der Waals surface area contributed by atoms with Crippen molar-refractivity contribution in [3.05, 3.63) is 76.3 Å². The van der Waals surface area contributed by atoms with Gasteiger partial charge in [0.25, 0.3) is 5.89 Å². The zero-order valence-electron chi connectivity index (χ0n) is 18.6. The molecule has 4 rings (SSSR count). The minimum absolute atomic E-state index is 0.112. The van der Waals surface area contributed by atoms with Crippen molar-refractivity contribution in [2.45, 2.75) is 46.1 Å². The minimum atomic E-state index is -0.376. The Morgan fingerprint density at radius 3 is 2.62 bits per heavy atom. The molecular formula is C25H27ClN4O2. The van der Waals surface area contributed by atoms with Gasteiger partial charge < -0.3 is 9.84 Å². The lowest BCUT2D eigenvalue weighted by Gasteiger charge is -2.35. The second kappa shape index (κ2) is 9.57. The number of hydrogen-bond acceptors (Lipinski definition) is 4. The number of amides is 2. The van der Waals surface area contributed by atoms with E-state index in [-0.39, 0.29) is 12.1 Å². The van der Waals surface area contributed by atoms with Crippen LogP contribution in [-0.2, 0) is 6.42 Å². The van der Waals surface area contributed by atoms with Crippen molar-refractivity contribution in [3.63, 3.8) is 0 Å². The number of carbonyl (C=O) groups excluding carboxylic acids is 1. The fraction of sp³-hybridized carbons (Fsp3) is 0.320. The van der Waals surface area contributed by atoms with Gasteiger partial charge in [0.05, 0.1) is 11.6 Å². The first-order valence-corrected chi connectivity index (χ1v) is 11.4. The summed E-state index contributed by atoms with van der Waals surface area (Å²) in [6.45, 7) is 6.80. The third-order valence-electron chi connectivity index (χ3n) is 5.79. The molecule has 1 aliphatic rings. The number of aryl methyl sites for hydroxylation is 1. The van der Waals surface area contributed by atoms with Crippen LogP contribution in [0.25, 0.3) is 17.0 Å². The van der Waals surface area contributed by atoms with Crippen molar-refractivity contribution >= 4 is 23.2 Å². The maximum atomic E-state index is 13.0. The highest BCUT2D eigenvalue weighted by Crippen LogP contribution is 2.37. The van der Waals surface area contributed by atoms with Gasteiger partial charge in [-0.05, 0) is 43.0 Å². The molecule has 166 valence electrons. The molecule has 0 spiro atoms. The number of urea groups is 1. The zero-order chi connectivity index (χ0) is 22.7. The Balaban J connectivity index is 1.79. The van der Waals surface area contributed by atoms with Gasteiger partial charge in [-0.25, -0.2) is 4.79 Å². The van der Waals surface area contributed by atoms with E-state index in [1.165, 1.54) is 5.56 Å². The summed E-state index contributed by atoms with van der Waals surface area (Å²) < 4.78 is 5.71. The van der Waals surface area contributed by atoms with Crippen LogP contribution in [0, 0.1) is 0 Å². The monoisotopic (exact) mass is 450 g/mol. The third kappa shape index (κ3) is 4.41. The first-order valence-electron chi connectivity index (χ1n) is 11.0. The Hall–Kier alpha value is -3.12. The summed E-state index contributed by atoms with van der Waals surface area (Å²) in [5.74, 6) is 0.850. The number of benzene rings is 2. The number of unbranched alkanes of at least 4 members (excludes halogenated alkanes) is 1. The quantitative estimate of drug-likeness (QED) is 0.461. The van der Waals surface area contributed by atoms with Gasteiger partial charge in [0.2, 0.25) is 5.82 Å². The first kappa shape index (κ1) is 22.1. The maximum Gasteiger partial charge on any atom is 0.322 e. The van der Waals surface area contributed by atoms with Gasteiger partial charge in [-0.2, -0.15) is 4.98 Å². The number of carbonyl (C=O) groups is 1. The van der Waals surface area contributed by atoms with Crippen molar-refractivity contribution in [2.75, 3.05) is 6.54 Å². The summed E-state index contributed by atoms with van der Waals surface area (Å²) in [5.41, 5.74) is 4.63. The molecule has 0 bridgehead atoms. The molecule has 6 nitrogen and oxygen atoms in total. The Bertz CT molecular complexity index is 1140. The lowest BCUT2D eigenvalue weighted by atomic mass is 9.93. The van der Waals surface area contributed by atoms with E-state index in [1.54, 1.807) is 17.0 Å². The molecule has 0 radical (unpaired) electrons. The van der Waals surface area contributed by atoms with E-state index in [1.807, 2.05) is 31.2 Å². The second-order valence-electron chi connectivity index (χ2n) is 7.92. The summed E-state index contributed by atoms with van der Waals surface area (Å²) in [4.78, 5) is 19.4. The average Bonchev–Trinajstić information content (AvgIpc) is 3.28. The van der Waals surface area contributed by atoms with Crippen LogP contribution in [-0.4, -0.2) is 27.6 Å². The smallest absolute Gasteiger partial charge is 0.322 e.